The summed E-state index contributed by atoms with van der Waals surface area (Å²) in [6.07, 6.45) is 1.95. The largest absolute Gasteiger partial charge is 0.396 e. The van der Waals surface area contributed by atoms with Crippen molar-refractivity contribution in [1.82, 2.24) is 5.32 Å². The molecule has 3 heteroatoms. The molecule has 0 aromatic heterocycles. The lowest BCUT2D eigenvalue weighted by atomic mass is 9.83. The Morgan fingerprint density at radius 2 is 1.83 bits per heavy atom. The fourth-order valence-electron chi connectivity index (χ4n) is 1.95. The van der Waals surface area contributed by atoms with Crippen LogP contribution in [-0.2, 0) is 6.54 Å². The van der Waals surface area contributed by atoms with E-state index in [1.807, 2.05) is 24.3 Å². The maximum atomic E-state index is 9.47. The lowest BCUT2D eigenvalue weighted by Gasteiger charge is -2.29. The molecule has 0 saturated carbocycles. The van der Waals surface area contributed by atoms with Crippen molar-refractivity contribution in [2.45, 2.75) is 33.2 Å². The molecule has 0 aliphatic carbocycles. The molecule has 0 spiro atoms. The van der Waals surface area contributed by atoms with Crippen LogP contribution >= 0.6 is 0 Å². The van der Waals surface area contributed by atoms with Crippen molar-refractivity contribution in [3.63, 3.8) is 0 Å². The molecule has 0 aliphatic heterocycles. The average molecular weight is 246 g/mol. The van der Waals surface area contributed by atoms with E-state index in [9.17, 15) is 5.11 Å². The van der Waals surface area contributed by atoms with Gasteiger partial charge in [-0.25, -0.2) is 0 Å². The van der Waals surface area contributed by atoms with Gasteiger partial charge in [0.2, 0.25) is 0 Å². The van der Waals surface area contributed by atoms with Gasteiger partial charge in [-0.05, 0) is 30.5 Å². The Morgan fingerprint density at radius 1 is 1.22 bits per heavy atom. The van der Waals surface area contributed by atoms with Gasteiger partial charge in [0.15, 0.2) is 0 Å². The first kappa shape index (κ1) is 14.7. The molecule has 3 nitrogen and oxygen atoms in total. The van der Waals surface area contributed by atoms with Crippen LogP contribution in [0.25, 0.3) is 0 Å². The van der Waals surface area contributed by atoms with Gasteiger partial charge in [0.1, 0.15) is 0 Å². The van der Waals surface area contributed by atoms with Crippen LogP contribution in [-0.4, -0.2) is 18.3 Å². The molecule has 0 unspecified atom stereocenters. The maximum Gasteiger partial charge on any atom is 0.0991 e. The van der Waals surface area contributed by atoms with Crippen LogP contribution in [0.2, 0.25) is 0 Å². The predicted molar refractivity (Wildman–Crippen MR) is 73.0 cm³/mol. The highest BCUT2D eigenvalue weighted by atomic mass is 16.3. The molecular formula is C15H22N2O. The van der Waals surface area contributed by atoms with Crippen molar-refractivity contribution >= 4 is 0 Å². The molecule has 1 aromatic rings. The average Bonchev–Trinajstić information content (AvgIpc) is 2.45. The number of aliphatic hydroxyl groups excluding tert-OH is 1. The number of benzene rings is 1. The van der Waals surface area contributed by atoms with Gasteiger partial charge in [-0.2, -0.15) is 5.26 Å². The Kier molecular flexibility index (Phi) is 5.84. The first-order chi connectivity index (χ1) is 8.69. The van der Waals surface area contributed by atoms with E-state index in [2.05, 4.69) is 25.2 Å². The van der Waals surface area contributed by atoms with Crippen molar-refractivity contribution in [2.24, 2.45) is 5.41 Å². The lowest BCUT2D eigenvalue weighted by Crippen LogP contribution is -2.36. The molecular weight excluding hydrogens is 224 g/mol. The summed E-state index contributed by atoms with van der Waals surface area (Å²) in [5.41, 5.74) is 1.84. The normalized spacial score (nSPS) is 11.2. The summed E-state index contributed by atoms with van der Waals surface area (Å²) in [5, 5.41) is 21.6. The highest BCUT2D eigenvalue weighted by Gasteiger charge is 2.24. The monoisotopic (exact) mass is 246 g/mol. The van der Waals surface area contributed by atoms with Gasteiger partial charge >= 0.3 is 0 Å². The standard InChI is InChI=1S/C15H22N2O/c1-3-15(4-2,12-18)11-17-10-14-7-5-13(9-16)6-8-14/h5-8,17-18H,3-4,10-12H2,1-2H3. The number of nitrogens with zero attached hydrogens (tertiary/aromatic N) is 1. The quantitative estimate of drug-likeness (QED) is 0.777. The smallest absolute Gasteiger partial charge is 0.0991 e. The topological polar surface area (TPSA) is 56.0 Å². The summed E-state index contributed by atoms with van der Waals surface area (Å²) >= 11 is 0. The van der Waals surface area contributed by atoms with E-state index in [1.165, 1.54) is 0 Å². The minimum atomic E-state index is -0.00735. The molecule has 2 N–H and O–H groups in total. The van der Waals surface area contributed by atoms with Gasteiger partial charge in [-0.3, -0.25) is 0 Å². The highest BCUT2D eigenvalue weighted by Crippen LogP contribution is 2.24. The second-order valence-electron chi connectivity index (χ2n) is 4.78. The molecule has 1 aromatic carbocycles. The Balaban J connectivity index is 2.48. The molecule has 0 radical (unpaired) electrons. The fourth-order valence-corrected chi connectivity index (χ4v) is 1.95. The number of rotatable bonds is 7. The van der Waals surface area contributed by atoms with Crippen LogP contribution in [0.15, 0.2) is 24.3 Å². The zero-order chi connectivity index (χ0) is 13.4. The van der Waals surface area contributed by atoms with Gasteiger partial charge in [0.25, 0.3) is 0 Å². The lowest BCUT2D eigenvalue weighted by molar-refractivity contribution is 0.113. The van der Waals surface area contributed by atoms with Gasteiger partial charge in [0, 0.05) is 25.1 Å². The summed E-state index contributed by atoms with van der Waals surface area (Å²) in [7, 11) is 0. The summed E-state index contributed by atoms with van der Waals surface area (Å²) in [6, 6.07) is 9.69. The first-order valence-electron chi connectivity index (χ1n) is 6.50. The minimum Gasteiger partial charge on any atom is -0.396 e. The summed E-state index contributed by atoms with van der Waals surface area (Å²) < 4.78 is 0. The molecule has 0 aliphatic rings. The first-order valence-corrected chi connectivity index (χ1v) is 6.50. The Morgan fingerprint density at radius 3 is 2.28 bits per heavy atom. The number of nitrogens with one attached hydrogen (secondary N) is 1. The second kappa shape index (κ2) is 7.15. The highest BCUT2D eigenvalue weighted by molar-refractivity contribution is 5.31. The summed E-state index contributed by atoms with van der Waals surface area (Å²) in [5.74, 6) is 0. The molecule has 0 bridgehead atoms. The van der Waals surface area contributed by atoms with Crippen LogP contribution < -0.4 is 5.32 Å². The molecule has 0 saturated heterocycles. The van der Waals surface area contributed by atoms with Gasteiger partial charge in [-0.15, -0.1) is 0 Å². The van der Waals surface area contributed by atoms with E-state index in [1.54, 1.807) is 0 Å². The van der Waals surface area contributed by atoms with Crippen molar-refractivity contribution in [1.29, 1.82) is 5.26 Å². The number of hydrogen-bond donors (Lipinski definition) is 2. The van der Waals surface area contributed by atoms with E-state index < -0.39 is 0 Å². The predicted octanol–water partition coefficient (Wildman–Crippen LogP) is 2.45. The summed E-state index contributed by atoms with van der Waals surface area (Å²) in [4.78, 5) is 0. The Bertz CT molecular complexity index is 380. The van der Waals surface area contributed by atoms with Crippen molar-refractivity contribution < 1.29 is 5.11 Å². The molecule has 18 heavy (non-hydrogen) atoms. The van der Waals surface area contributed by atoms with Gasteiger partial charge in [-0.1, -0.05) is 26.0 Å². The molecule has 0 atom stereocenters. The number of hydrogen-bond acceptors (Lipinski definition) is 3. The third kappa shape index (κ3) is 3.83. The van der Waals surface area contributed by atoms with Gasteiger partial charge in [0.05, 0.1) is 11.6 Å². The third-order valence-electron chi connectivity index (χ3n) is 3.75. The summed E-state index contributed by atoms with van der Waals surface area (Å²) in [6.45, 7) is 6.04. The van der Waals surface area contributed by atoms with Crippen molar-refractivity contribution in [3.8, 4) is 6.07 Å². The SMILES string of the molecule is CCC(CC)(CO)CNCc1ccc(C#N)cc1. The van der Waals surface area contributed by atoms with E-state index in [-0.39, 0.29) is 12.0 Å². The van der Waals surface area contributed by atoms with Gasteiger partial charge < -0.3 is 10.4 Å². The molecule has 1 rings (SSSR count). The second-order valence-corrected chi connectivity index (χ2v) is 4.78. The maximum absolute atomic E-state index is 9.47. The number of nitriles is 1. The zero-order valence-electron chi connectivity index (χ0n) is 11.2. The minimum absolute atomic E-state index is 0.00735. The Labute approximate surface area is 109 Å². The van der Waals surface area contributed by atoms with Crippen LogP contribution in [0.1, 0.15) is 37.8 Å². The van der Waals surface area contributed by atoms with Crippen molar-refractivity contribution in [2.75, 3.05) is 13.2 Å². The number of aliphatic hydroxyl groups is 1. The van der Waals surface area contributed by atoms with E-state index in [0.717, 1.165) is 31.5 Å². The van der Waals surface area contributed by atoms with E-state index >= 15 is 0 Å². The molecule has 0 heterocycles. The van der Waals surface area contributed by atoms with Crippen LogP contribution in [0.5, 0.6) is 0 Å². The Hall–Kier alpha value is -1.37. The van der Waals surface area contributed by atoms with Crippen LogP contribution in [0, 0.1) is 16.7 Å². The van der Waals surface area contributed by atoms with E-state index in [0.29, 0.717) is 5.56 Å². The molecule has 0 fully saturated rings. The third-order valence-corrected chi connectivity index (χ3v) is 3.75. The molecule has 0 amide bonds. The van der Waals surface area contributed by atoms with Crippen LogP contribution in [0.4, 0.5) is 0 Å². The van der Waals surface area contributed by atoms with E-state index in [4.69, 9.17) is 5.26 Å². The zero-order valence-corrected chi connectivity index (χ0v) is 11.2. The van der Waals surface area contributed by atoms with Crippen molar-refractivity contribution in [3.05, 3.63) is 35.4 Å². The molecule has 98 valence electrons. The fraction of sp³-hybridized carbons (Fsp3) is 0.533. The van der Waals surface area contributed by atoms with Crippen LogP contribution in [0.3, 0.4) is 0 Å².